The molecule has 0 aromatic carbocycles. The van der Waals surface area contributed by atoms with Gasteiger partial charge in [-0.2, -0.15) is 0 Å². The number of nitrogens with one attached hydrogen (secondary N) is 1. The predicted octanol–water partition coefficient (Wildman–Crippen LogP) is 4.37. The summed E-state index contributed by atoms with van der Waals surface area (Å²) in [6.45, 7) is 8.60. The van der Waals surface area contributed by atoms with Gasteiger partial charge in [-0.25, -0.2) is 0 Å². The zero-order chi connectivity index (χ0) is 12.3. The minimum atomic E-state index is 0.599. The largest absolute Gasteiger partial charge is 0.313 e. The lowest BCUT2D eigenvalue weighted by molar-refractivity contribution is 0.173. The lowest BCUT2D eigenvalue weighted by Crippen LogP contribution is -2.42. The second-order valence-corrected chi connectivity index (χ2v) is 7.37. The zero-order valence-electron chi connectivity index (χ0n) is 12.1. The zero-order valence-corrected chi connectivity index (χ0v) is 12.1. The van der Waals surface area contributed by atoms with Crippen LogP contribution in [0.3, 0.4) is 0 Å². The Hall–Kier alpha value is -0.0400. The lowest BCUT2D eigenvalue weighted by atomic mass is 9.75. The van der Waals surface area contributed by atoms with Gasteiger partial charge >= 0.3 is 0 Å². The average molecular weight is 237 g/mol. The van der Waals surface area contributed by atoms with Crippen LogP contribution >= 0.6 is 0 Å². The third-order valence-corrected chi connectivity index (χ3v) is 5.06. The Kier molecular flexibility index (Phi) is 4.52. The van der Waals surface area contributed by atoms with Crippen LogP contribution in [0.5, 0.6) is 0 Å². The van der Waals surface area contributed by atoms with Crippen molar-refractivity contribution in [1.29, 1.82) is 0 Å². The molecule has 2 aliphatic rings. The molecule has 0 spiro atoms. The van der Waals surface area contributed by atoms with Crippen molar-refractivity contribution in [3.63, 3.8) is 0 Å². The maximum absolute atomic E-state index is 3.89. The molecule has 100 valence electrons. The Bertz CT molecular complexity index is 220. The van der Waals surface area contributed by atoms with Crippen molar-refractivity contribution in [3.8, 4) is 0 Å². The van der Waals surface area contributed by atoms with Crippen LogP contribution in [0.2, 0.25) is 0 Å². The van der Waals surface area contributed by atoms with Gasteiger partial charge in [-0.05, 0) is 49.4 Å². The van der Waals surface area contributed by atoms with Crippen LogP contribution in [-0.4, -0.2) is 12.6 Å². The summed E-state index contributed by atoms with van der Waals surface area (Å²) in [5.74, 6) is 1.85. The van der Waals surface area contributed by atoms with Gasteiger partial charge in [0.05, 0.1) is 0 Å². The molecule has 1 heteroatoms. The predicted molar refractivity (Wildman–Crippen MR) is 75.2 cm³/mol. The van der Waals surface area contributed by atoms with Gasteiger partial charge in [0.2, 0.25) is 0 Å². The van der Waals surface area contributed by atoms with Crippen molar-refractivity contribution in [2.45, 2.75) is 78.2 Å². The van der Waals surface area contributed by atoms with Crippen molar-refractivity contribution in [2.24, 2.45) is 17.3 Å². The van der Waals surface area contributed by atoms with Crippen LogP contribution in [0.15, 0.2) is 0 Å². The van der Waals surface area contributed by atoms with Crippen molar-refractivity contribution < 1.29 is 0 Å². The molecule has 2 aliphatic carbocycles. The van der Waals surface area contributed by atoms with E-state index in [4.69, 9.17) is 0 Å². The van der Waals surface area contributed by atoms with Crippen molar-refractivity contribution in [2.75, 3.05) is 6.54 Å². The van der Waals surface area contributed by atoms with E-state index in [1.54, 1.807) is 0 Å². The molecule has 17 heavy (non-hydrogen) atoms. The molecular weight excluding hydrogens is 206 g/mol. The van der Waals surface area contributed by atoms with Crippen molar-refractivity contribution in [1.82, 2.24) is 5.32 Å². The summed E-state index contributed by atoms with van der Waals surface area (Å²) in [6.07, 6.45) is 11.5. The van der Waals surface area contributed by atoms with E-state index < -0.39 is 0 Å². The molecule has 0 heterocycles. The smallest absolute Gasteiger partial charge is 0.00723 e. The first-order valence-corrected chi connectivity index (χ1v) is 7.81. The molecule has 2 unspecified atom stereocenters. The first-order valence-electron chi connectivity index (χ1n) is 7.81. The minimum Gasteiger partial charge on any atom is -0.313 e. The van der Waals surface area contributed by atoms with Crippen molar-refractivity contribution in [3.05, 3.63) is 0 Å². The van der Waals surface area contributed by atoms with Crippen LogP contribution in [0, 0.1) is 17.3 Å². The average Bonchev–Trinajstić information content (AvgIpc) is 2.26. The molecular formula is C16H31N. The fourth-order valence-corrected chi connectivity index (χ4v) is 4.09. The Labute approximate surface area is 108 Å². The monoisotopic (exact) mass is 237 g/mol. The van der Waals surface area contributed by atoms with E-state index >= 15 is 0 Å². The molecule has 0 saturated heterocycles. The molecule has 0 amide bonds. The summed E-state index contributed by atoms with van der Waals surface area (Å²) in [4.78, 5) is 0. The molecule has 0 radical (unpaired) electrons. The topological polar surface area (TPSA) is 12.0 Å². The third kappa shape index (κ3) is 3.98. The highest BCUT2D eigenvalue weighted by Crippen LogP contribution is 2.36. The van der Waals surface area contributed by atoms with E-state index in [1.807, 2.05) is 0 Å². The molecule has 0 aromatic rings. The van der Waals surface area contributed by atoms with E-state index in [0.717, 1.165) is 17.9 Å². The summed E-state index contributed by atoms with van der Waals surface area (Å²) >= 11 is 0. The van der Waals surface area contributed by atoms with E-state index in [-0.39, 0.29) is 0 Å². The maximum atomic E-state index is 3.89. The highest BCUT2D eigenvalue weighted by molar-refractivity contribution is 4.85. The minimum absolute atomic E-state index is 0.599. The molecule has 2 fully saturated rings. The first-order chi connectivity index (χ1) is 8.07. The fourth-order valence-electron chi connectivity index (χ4n) is 4.09. The highest BCUT2D eigenvalue weighted by atomic mass is 14.9. The number of hydrogen-bond acceptors (Lipinski definition) is 1. The van der Waals surface area contributed by atoms with Crippen LogP contribution in [0.4, 0.5) is 0 Å². The SMILES string of the molecule is CC1CC(C)CC(NCC2(C)CCCCC2)C1. The molecule has 1 nitrogen and oxygen atoms in total. The molecule has 0 aromatic heterocycles. The number of hydrogen-bond donors (Lipinski definition) is 1. The normalized spacial score (nSPS) is 37.9. The quantitative estimate of drug-likeness (QED) is 0.768. The maximum Gasteiger partial charge on any atom is 0.00723 e. The second kappa shape index (κ2) is 5.73. The van der Waals surface area contributed by atoms with E-state index in [0.29, 0.717) is 5.41 Å². The van der Waals surface area contributed by atoms with Gasteiger partial charge < -0.3 is 5.32 Å². The first kappa shape index (κ1) is 13.4. The summed E-state index contributed by atoms with van der Waals surface area (Å²) < 4.78 is 0. The van der Waals surface area contributed by atoms with Crippen LogP contribution in [-0.2, 0) is 0 Å². The Morgan fingerprint density at radius 2 is 1.53 bits per heavy atom. The second-order valence-electron chi connectivity index (χ2n) is 7.37. The standard InChI is InChI=1S/C16H31N/c1-13-9-14(2)11-15(10-13)17-12-16(3)7-5-4-6-8-16/h13-15,17H,4-12H2,1-3H3. The summed E-state index contributed by atoms with van der Waals surface area (Å²) in [5.41, 5.74) is 0.599. The summed E-state index contributed by atoms with van der Waals surface area (Å²) in [6, 6.07) is 0.799. The summed E-state index contributed by atoms with van der Waals surface area (Å²) in [5, 5.41) is 3.89. The summed E-state index contributed by atoms with van der Waals surface area (Å²) in [7, 11) is 0. The Morgan fingerprint density at radius 1 is 0.941 bits per heavy atom. The van der Waals surface area contributed by atoms with Crippen molar-refractivity contribution >= 4 is 0 Å². The highest BCUT2D eigenvalue weighted by Gasteiger charge is 2.29. The van der Waals surface area contributed by atoms with Crippen LogP contribution in [0.25, 0.3) is 0 Å². The van der Waals surface area contributed by atoms with E-state index in [2.05, 4.69) is 26.1 Å². The van der Waals surface area contributed by atoms with Crippen LogP contribution < -0.4 is 5.32 Å². The molecule has 0 bridgehead atoms. The molecule has 2 atom stereocenters. The van der Waals surface area contributed by atoms with E-state index in [9.17, 15) is 0 Å². The third-order valence-electron chi connectivity index (χ3n) is 5.06. The Morgan fingerprint density at radius 3 is 2.12 bits per heavy atom. The van der Waals surface area contributed by atoms with Gasteiger partial charge in [-0.1, -0.05) is 40.0 Å². The van der Waals surface area contributed by atoms with Gasteiger partial charge in [0.1, 0.15) is 0 Å². The van der Waals surface area contributed by atoms with Crippen LogP contribution in [0.1, 0.15) is 72.1 Å². The molecule has 1 N–H and O–H groups in total. The van der Waals surface area contributed by atoms with Gasteiger partial charge in [0.25, 0.3) is 0 Å². The molecule has 2 saturated carbocycles. The van der Waals surface area contributed by atoms with Gasteiger partial charge in [-0.15, -0.1) is 0 Å². The molecule has 2 rings (SSSR count). The Balaban J connectivity index is 1.76. The lowest BCUT2D eigenvalue weighted by Gasteiger charge is -2.38. The fraction of sp³-hybridized carbons (Fsp3) is 1.00. The van der Waals surface area contributed by atoms with Gasteiger partial charge in [0, 0.05) is 12.6 Å². The van der Waals surface area contributed by atoms with Gasteiger partial charge in [0.15, 0.2) is 0 Å². The van der Waals surface area contributed by atoms with E-state index in [1.165, 1.54) is 57.9 Å². The van der Waals surface area contributed by atoms with Gasteiger partial charge in [-0.3, -0.25) is 0 Å². The number of rotatable bonds is 3. The molecule has 0 aliphatic heterocycles.